The van der Waals surface area contributed by atoms with Gasteiger partial charge in [-0.25, -0.2) is 0 Å². The molecular formula is C17H21BrO. The maximum Gasteiger partial charge on any atom is 0.122 e. The molecule has 1 heterocycles. The lowest BCUT2D eigenvalue weighted by Gasteiger charge is -2.12. The van der Waals surface area contributed by atoms with E-state index in [1.807, 2.05) is 0 Å². The maximum absolute atomic E-state index is 5.80. The number of furan rings is 1. The summed E-state index contributed by atoms with van der Waals surface area (Å²) >= 11 is 3.72. The van der Waals surface area contributed by atoms with Gasteiger partial charge in [0, 0.05) is 6.42 Å². The molecule has 0 radical (unpaired) electrons. The molecular weight excluding hydrogens is 300 g/mol. The number of hydrogen-bond acceptors (Lipinski definition) is 1. The first kappa shape index (κ1) is 14.4. The Morgan fingerprint density at radius 3 is 2.16 bits per heavy atom. The van der Waals surface area contributed by atoms with Crippen LogP contribution in [-0.4, -0.2) is 0 Å². The molecule has 102 valence electrons. The van der Waals surface area contributed by atoms with E-state index in [1.54, 1.807) is 0 Å². The molecule has 1 aromatic carbocycles. The van der Waals surface area contributed by atoms with Crippen molar-refractivity contribution in [3.63, 3.8) is 0 Å². The Hall–Kier alpha value is -1.02. The normalized spacial score (nSPS) is 14.3. The molecule has 1 aromatic heterocycles. The number of halogens is 1. The third kappa shape index (κ3) is 3.30. The molecule has 0 aliphatic heterocycles. The van der Waals surface area contributed by atoms with Gasteiger partial charge in [-0.05, 0) is 35.6 Å². The maximum atomic E-state index is 5.80. The van der Waals surface area contributed by atoms with Crippen LogP contribution in [0.15, 0.2) is 40.8 Å². The highest BCUT2D eigenvalue weighted by molar-refractivity contribution is 9.09. The van der Waals surface area contributed by atoms with Crippen molar-refractivity contribution in [3.05, 3.63) is 59.0 Å². The molecule has 2 unspecified atom stereocenters. The van der Waals surface area contributed by atoms with Crippen LogP contribution in [0.1, 0.15) is 60.6 Å². The quantitative estimate of drug-likeness (QED) is 0.631. The molecule has 0 aliphatic carbocycles. The highest BCUT2D eigenvalue weighted by atomic mass is 79.9. The number of alkyl halides is 1. The largest absolute Gasteiger partial charge is 0.465 e. The van der Waals surface area contributed by atoms with E-state index >= 15 is 0 Å². The van der Waals surface area contributed by atoms with E-state index < -0.39 is 0 Å². The van der Waals surface area contributed by atoms with E-state index in [4.69, 9.17) is 4.42 Å². The van der Waals surface area contributed by atoms with Gasteiger partial charge in [-0.3, -0.25) is 0 Å². The molecule has 2 heteroatoms. The fourth-order valence-corrected chi connectivity index (χ4v) is 2.67. The zero-order chi connectivity index (χ0) is 13.8. The van der Waals surface area contributed by atoms with Crippen molar-refractivity contribution in [1.82, 2.24) is 0 Å². The summed E-state index contributed by atoms with van der Waals surface area (Å²) < 4.78 is 5.80. The summed E-state index contributed by atoms with van der Waals surface area (Å²) in [5.74, 6) is 2.64. The van der Waals surface area contributed by atoms with Crippen molar-refractivity contribution in [3.8, 4) is 0 Å². The molecule has 0 amide bonds. The second-order valence-corrected chi connectivity index (χ2v) is 5.91. The average Bonchev–Trinajstić information content (AvgIpc) is 2.94. The summed E-state index contributed by atoms with van der Waals surface area (Å²) in [4.78, 5) is 0.138. The summed E-state index contributed by atoms with van der Waals surface area (Å²) in [6, 6.07) is 12.9. The van der Waals surface area contributed by atoms with Crippen molar-refractivity contribution < 1.29 is 4.42 Å². The van der Waals surface area contributed by atoms with E-state index in [9.17, 15) is 0 Å². The van der Waals surface area contributed by atoms with Crippen LogP contribution in [-0.2, 0) is 6.42 Å². The molecule has 0 bridgehead atoms. The molecule has 0 saturated carbocycles. The SMILES string of the molecule is CCc1ccc(C(Br)c2ccc(C(C)CC)cc2)o1. The first-order valence-corrected chi connectivity index (χ1v) is 7.89. The lowest BCUT2D eigenvalue weighted by Crippen LogP contribution is -1.94. The predicted molar refractivity (Wildman–Crippen MR) is 84.0 cm³/mol. The average molecular weight is 321 g/mol. The summed E-state index contributed by atoms with van der Waals surface area (Å²) in [6.45, 7) is 6.59. The molecule has 2 rings (SSSR count). The van der Waals surface area contributed by atoms with Crippen LogP contribution in [0.25, 0.3) is 0 Å². The molecule has 0 spiro atoms. The standard InChI is InChI=1S/C17H21BrO/c1-4-12(3)13-6-8-14(9-7-13)17(18)16-11-10-15(5-2)19-16/h6-12,17H,4-5H2,1-3H3. The van der Waals surface area contributed by atoms with E-state index in [-0.39, 0.29) is 4.83 Å². The van der Waals surface area contributed by atoms with Gasteiger partial charge in [0.05, 0.1) is 4.83 Å². The van der Waals surface area contributed by atoms with E-state index in [2.05, 4.69) is 73.1 Å². The molecule has 0 N–H and O–H groups in total. The minimum atomic E-state index is 0.138. The van der Waals surface area contributed by atoms with E-state index in [1.165, 1.54) is 17.5 Å². The van der Waals surface area contributed by atoms with Crippen molar-refractivity contribution in [2.75, 3.05) is 0 Å². The third-order valence-corrected chi connectivity index (χ3v) is 4.67. The molecule has 1 nitrogen and oxygen atoms in total. The first-order chi connectivity index (χ1) is 9.15. The van der Waals surface area contributed by atoms with Gasteiger partial charge < -0.3 is 4.42 Å². The van der Waals surface area contributed by atoms with Gasteiger partial charge in [-0.2, -0.15) is 0 Å². The number of rotatable bonds is 5. The lowest BCUT2D eigenvalue weighted by molar-refractivity contribution is 0.477. The highest BCUT2D eigenvalue weighted by Crippen LogP contribution is 2.33. The minimum absolute atomic E-state index is 0.138. The van der Waals surface area contributed by atoms with Crippen LogP contribution in [0, 0.1) is 0 Å². The Kier molecular flexibility index (Phi) is 4.87. The molecule has 19 heavy (non-hydrogen) atoms. The Morgan fingerprint density at radius 2 is 1.63 bits per heavy atom. The van der Waals surface area contributed by atoms with Gasteiger partial charge in [0.15, 0.2) is 0 Å². The van der Waals surface area contributed by atoms with Crippen LogP contribution in [0.2, 0.25) is 0 Å². The molecule has 2 aromatic rings. The van der Waals surface area contributed by atoms with Crippen molar-refractivity contribution in [1.29, 1.82) is 0 Å². The van der Waals surface area contributed by atoms with Gasteiger partial charge >= 0.3 is 0 Å². The fourth-order valence-electron chi connectivity index (χ4n) is 2.11. The van der Waals surface area contributed by atoms with Crippen molar-refractivity contribution in [2.24, 2.45) is 0 Å². The Morgan fingerprint density at radius 1 is 1.00 bits per heavy atom. The van der Waals surface area contributed by atoms with Gasteiger partial charge in [-0.15, -0.1) is 0 Å². The van der Waals surface area contributed by atoms with Crippen LogP contribution in [0.5, 0.6) is 0 Å². The summed E-state index contributed by atoms with van der Waals surface area (Å²) in [5, 5.41) is 0. The Bertz CT molecular complexity index is 512. The van der Waals surface area contributed by atoms with Crippen LogP contribution >= 0.6 is 15.9 Å². The first-order valence-electron chi connectivity index (χ1n) is 6.98. The van der Waals surface area contributed by atoms with Crippen LogP contribution in [0.3, 0.4) is 0 Å². The van der Waals surface area contributed by atoms with Gasteiger partial charge in [-0.1, -0.05) is 61.0 Å². The van der Waals surface area contributed by atoms with Gasteiger partial charge in [0.1, 0.15) is 11.5 Å². The number of benzene rings is 1. The zero-order valence-corrected chi connectivity index (χ0v) is 13.4. The highest BCUT2D eigenvalue weighted by Gasteiger charge is 2.14. The van der Waals surface area contributed by atoms with E-state index in [0.29, 0.717) is 5.92 Å². The number of aryl methyl sites for hydroxylation is 1. The predicted octanol–water partition coefficient (Wildman–Crippen LogP) is 5.84. The van der Waals surface area contributed by atoms with Crippen LogP contribution < -0.4 is 0 Å². The van der Waals surface area contributed by atoms with Crippen molar-refractivity contribution in [2.45, 2.75) is 44.4 Å². The summed E-state index contributed by atoms with van der Waals surface area (Å²) in [6.07, 6.45) is 2.11. The third-order valence-electron chi connectivity index (χ3n) is 3.69. The lowest BCUT2D eigenvalue weighted by atomic mass is 9.97. The van der Waals surface area contributed by atoms with Crippen molar-refractivity contribution >= 4 is 15.9 Å². The molecule has 0 fully saturated rings. The second-order valence-electron chi connectivity index (χ2n) is 5.00. The van der Waals surface area contributed by atoms with E-state index in [0.717, 1.165) is 17.9 Å². The molecule has 0 aliphatic rings. The topological polar surface area (TPSA) is 13.1 Å². The monoisotopic (exact) mass is 320 g/mol. The molecule has 0 saturated heterocycles. The second kappa shape index (κ2) is 6.42. The fraction of sp³-hybridized carbons (Fsp3) is 0.412. The van der Waals surface area contributed by atoms with Gasteiger partial charge in [0.25, 0.3) is 0 Å². The summed E-state index contributed by atoms with van der Waals surface area (Å²) in [7, 11) is 0. The Balaban J connectivity index is 2.17. The Labute approximate surface area is 124 Å². The van der Waals surface area contributed by atoms with Gasteiger partial charge in [0.2, 0.25) is 0 Å². The van der Waals surface area contributed by atoms with Crippen LogP contribution in [0.4, 0.5) is 0 Å². The molecule has 2 atom stereocenters. The zero-order valence-electron chi connectivity index (χ0n) is 11.8. The summed E-state index contributed by atoms with van der Waals surface area (Å²) in [5.41, 5.74) is 2.64. The number of hydrogen-bond donors (Lipinski definition) is 0. The minimum Gasteiger partial charge on any atom is -0.465 e. The smallest absolute Gasteiger partial charge is 0.122 e.